The molecule has 0 radical (unpaired) electrons. The molecule has 0 saturated carbocycles. The fourth-order valence-electron chi connectivity index (χ4n) is 3.66. The second-order valence-corrected chi connectivity index (χ2v) is 10.4. The standard InChI is InChI=1S/C23H27Cl2N3O3S/c1-14(2)12-19(26-21(29)17-6-5-16(24)13-18(17)25)22(30)27-8-10-28(11-9-27)23(31)20-7-4-15(3)32-20/h4-7,13-14,19H,8-12H2,1-3H3,(H,26,29). The Hall–Kier alpha value is -2.09. The van der Waals surface area contributed by atoms with E-state index in [1.807, 2.05) is 32.9 Å². The maximum atomic E-state index is 13.2. The number of hydrogen-bond donors (Lipinski definition) is 1. The SMILES string of the molecule is Cc1ccc(C(=O)N2CCN(C(=O)C(CC(C)C)NC(=O)c3ccc(Cl)cc3Cl)CC2)s1. The molecule has 6 nitrogen and oxygen atoms in total. The Bertz CT molecular complexity index is 1000. The lowest BCUT2D eigenvalue weighted by Crippen LogP contribution is -2.56. The third-order valence-electron chi connectivity index (χ3n) is 5.32. The maximum Gasteiger partial charge on any atom is 0.264 e. The van der Waals surface area contributed by atoms with Crippen molar-refractivity contribution < 1.29 is 14.4 Å². The smallest absolute Gasteiger partial charge is 0.264 e. The number of aryl methyl sites for hydroxylation is 1. The second-order valence-electron chi connectivity index (χ2n) is 8.31. The lowest BCUT2D eigenvalue weighted by Gasteiger charge is -2.36. The minimum Gasteiger partial charge on any atom is -0.340 e. The van der Waals surface area contributed by atoms with Crippen molar-refractivity contribution in [3.63, 3.8) is 0 Å². The van der Waals surface area contributed by atoms with Gasteiger partial charge in [0.2, 0.25) is 5.91 Å². The van der Waals surface area contributed by atoms with Gasteiger partial charge < -0.3 is 15.1 Å². The van der Waals surface area contributed by atoms with Crippen molar-refractivity contribution in [3.05, 3.63) is 55.7 Å². The molecule has 9 heteroatoms. The lowest BCUT2D eigenvalue weighted by molar-refractivity contribution is -0.135. The Morgan fingerprint density at radius 3 is 2.25 bits per heavy atom. The van der Waals surface area contributed by atoms with Crippen molar-refractivity contribution in [2.75, 3.05) is 26.2 Å². The molecule has 172 valence electrons. The van der Waals surface area contributed by atoms with Crippen molar-refractivity contribution in [3.8, 4) is 0 Å². The first-order valence-electron chi connectivity index (χ1n) is 10.6. The Morgan fingerprint density at radius 2 is 1.69 bits per heavy atom. The van der Waals surface area contributed by atoms with Gasteiger partial charge in [-0.25, -0.2) is 0 Å². The number of carbonyl (C=O) groups is 3. The van der Waals surface area contributed by atoms with Gasteiger partial charge >= 0.3 is 0 Å². The van der Waals surface area contributed by atoms with Crippen molar-refractivity contribution in [2.24, 2.45) is 5.92 Å². The first-order valence-corrected chi connectivity index (χ1v) is 12.1. The maximum absolute atomic E-state index is 13.2. The first-order chi connectivity index (χ1) is 15.2. The van der Waals surface area contributed by atoms with Crippen molar-refractivity contribution in [1.29, 1.82) is 0 Å². The van der Waals surface area contributed by atoms with E-state index < -0.39 is 11.9 Å². The highest BCUT2D eigenvalue weighted by Crippen LogP contribution is 2.22. The number of carbonyl (C=O) groups excluding carboxylic acids is 3. The summed E-state index contributed by atoms with van der Waals surface area (Å²) in [5.41, 5.74) is 0.277. The zero-order valence-corrected chi connectivity index (χ0v) is 20.7. The van der Waals surface area contributed by atoms with Crippen LogP contribution in [-0.4, -0.2) is 59.7 Å². The summed E-state index contributed by atoms with van der Waals surface area (Å²) in [6.45, 7) is 7.77. The molecule has 1 aliphatic rings. The van der Waals surface area contributed by atoms with E-state index in [4.69, 9.17) is 23.2 Å². The van der Waals surface area contributed by atoms with E-state index in [0.29, 0.717) is 42.5 Å². The summed E-state index contributed by atoms with van der Waals surface area (Å²) < 4.78 is 0. The van der Waals surface area contributed by atoms with Crippen molar-refractivity contribution in [2.45, 2.75) is 33.2 Å². The molecule has 1 fully saturated rings. The van der Waals surface area contributed by atoms with Gasteiger partial charge in [0, 0.05) is 36.1 Å². The highest BCUT2D eigenvalue weighted by atomic mass is 35.5. The van der Waals surface area contributed by atoms with Gasteiger partial charge in [-0.15, -0.1) is 11.3 Å². The molecule has 1 atom stereocenters. The third-order valence-corrected chi connectivity index (χ3v) is 6.85. The van der Waals surface area contributed by atoms with E-state index >= 15 is 0 Å². The van der Waals surface area contributed by atoms with Crippen LogP contribution < -0.4 is 5.32 Å². The quantitative estimate of drug-likeness (QED) is 0.641. The Balaban J connectivity index is 1.64. The lowest BCUT2D eigenvalue weighted by atomic mass is 10.0. The fourth-order valence-corrected chi connectivity index (χ4v) is 4.99. The van der Waals surface area contributed by atoms with Gasteiger partial charge in [0.15, 0.2) is 0 Å². The van der Waals surface area contributed by atoms with Crippen LogP contribution in [-0.2, 0) is 4.79 Å². The van der Waals surface area contributed by atoms with Crippen LogP contribution in [0.3, 0.4) is 0 Å². The molecular formula is C23H27Cl2N3O3S. The number of benzene rings is 1. The fraction of sp³-hybridized carbons (Fsp3) is 0.435. The molecule has 0 aliphatic carbocycles. The van der Waals surface area contributed by atoms with E-state index in [0.717, 1.165) is 4.88 Å². The van der Waals surface area contributed by atoms with Gasteiger partial charge in [-0.05, 0) is 49.6 Å². The Kier molecular flexibility index (Phi) is 8.20. The molecule has 3 rings (SSSR count). The third kappa shape index (κ3) is 6.03. The van der Waals surface area contributed by atoms with E-state index in [-0.39, 0.29) is 28.3 Å². The molecule has 1 N–H and O–H groups in total. The molecule has 1 saturated heterocycles. The molecule has 0 spiro atoms. The molecule has 2 heterocycles. The highest BCUT2D eigenvalue weighted by molar-refractivity contribution is 7.13. The summed E-state index contributed by atoms with van der Waals surface area (Å²) in [6, 6.07) is 7.75. The van der Waals surface area contributed by atoms with Crippen LogP contribution in [0.5, 0.6) is 0 Å². The minimum atomic E-state index is -0.670. The van der Waals surface area contributed by atoms with Crippen LogP contribution in [0.15, 0.2) is 30.3 Å². The molecule has 1 aliphatic heterocycles. The summed E-state index contributed by atoms with van der Waals surface area (Å²) in [5.74, 6) is -0.349. The molecule has 3 amide bonds. The summed E-state index contributed by atoms with van der Waals surface area (Å²) in [7, 11) is 0. The zero-order chi connectivity index (χ0) is 23.4. The number of piperazine rings is 1. The number of halogens is 2. The molecule has 1 aromatic carbocycles. The Morgan fingerprint density at radius 1 is 1.03 bits per heavy atom. The molecule has 0 bridgehead atoms. The van der Waals surface area contributed by atoms with Crippen LogP contribution in [0.2, 0.25) is 10.0 Å². The van der Waals surface area contributed by atoms with Gasteiger partial charge in [-0.1, -0.05) is 37.0 Å². The molecule has 1 unspecified atom stereocenters. The summed E-state index contributed by atoms with van der Waals surface area (Å²) in [6.07, 6.45) is 0.503. The average Bonchev–Trinajstić information content (AvgIpc) is 3.18. The van der Waals surface area contributed by atoms with Gasteiger partial charge in [-0.3, -0.25) is 14.4 Å². The predicted molar refractivity (Wildman–Crippen MR) is 129 cm³/mol. The minimum absolute atomic E-state index is 0.000359. The normalized spacial score (nSPS) is 15.1. The van der Waals surface area contributed by atoms with Crippen LogP contribution in [0.4, 0.5) is 0 Å². The van der Waals surface area contributed by atoms with Gasteiger partial charge in [0.25, 0.3) is 11.8 Å². The van der Waals surface area contributed by atoms with E-state index in [9.17, 15) is 14.4 Å². The van der Waals surface area contributed by atoms with E-state index in [2.05, 4.69) is 5.32 Å². The molecule has 2 aromatic rings. The predicted octanol–water partition coefficient (Wildman–Crippen LogP) is 4.49. The molecule has 32 heavy (non-hydrogen) atoms. The molecular weight excluding hydrogens is 469 g/mol. The number of nitrogens with one attached hydrogen (secondary N) is 1. The van der Waals surface area contributed by atoms with Crippen LogP contribution in [0.1, 0.15) is 45.2 Å². The second kappa shape index (κ2) is 10.7. The van der Waals surface area contributed by atoms with Crippen LogP contribution in [0, 0.1) is 12.8 Å². The number of hydrogen-bond acceptors (Lipinski definition) is 4. The van der Waals surface area contributed by atoms with Gasteiger partial charge in [0.1, 0.15) is 6.04 Å². The molecule has 1 aromatic heterocycles. The number of nitrogens with zero attached hydrogens (tertiary/aromatic N) is 2. The summed E-state index contributed by atoms with van der Waals surface area (Å²) in [4.78, 5) is 44.0. The number of rotatable bonds is 6. The van der Waals surface area contributed by atoms with Crippen molar-refractivity contribution in [1.82, 2.24) is 15.1 Å². The van der Waals surface area contributed by atoms with Gasteiger partial charge in [-0.2, -0.15) is 0 Å². The van der Waals surface area contributed by atoms with E-state index in [1.165, 1.54) is 17.4 Å². The first kappa shape index (κ1) is 24.6. The summed E-state index contributed by atoms with van der Waals surface area (Å²) in [5, 5.41) is 3.52. The van der Waals surface area contributed by atoms with Gasteiger partial charge in [0.05, 0.1) is 15.5 Å². The average molecular weight is 496 g/mol. The number of amides is 3. The van der Waals surface area contributed by atoms with Crippen molar-refractivity contribution >= 4 is 52.3 Å². The monoisotopic (exact) mass is 495 g/mol. The summed E-state index contributed by atoms with van der Waals surface area (Å²) >= 11 is 13.6. The number of thiophene rings is 1. The van der Waals surface area contributed by atoms with Crippen LogP contribution in [0.25, 0.3) is 0 Å². The largest absolute Gasteiger partial charge is 0.340 e. The Labute approximate surface area is 202 Å². The highest BCUT2D eigenvalue weighted by Gasteiger charge is 2.31. The zero-order valence-electron chi connectivity index (χ0n) is 18.4. The topological polar surface area (TPSA) is 69.7 Å². The van der Waals surface area contributed by atoms with E-state index in [1.54, 1.807) is 21.9 Å². The van der Waals surface area contributed by atoms with Crippen LogP contribution >= 0.6 is 34.5 Å².